The van der Waals surface area contributed by atoms with Crippen LogP contribution in [-0.2, 0) is 0 Å². The van der Waals surface area contributed by atoms with E-state index in [1.165, 1.54) is 18.3 Å². The molecule has 0 aliphatic heterocycles. The largest absolute Gasteiger partial charge is 0.497 e. The SMILES string of the molecule is COc1ccc(C(=O)NN=Cc2cn(-c3ccccc3)nc2-c2ccc([N+](=O)[O-])o2)cc1. The summed E-state index contributed by atoms with van der Waals surface area (Å²) in [6, 6.07) is 18.6. The van der Waals surface area contributed by atoms with Crippen molar-refractivity contribution in [2.45, 2.75) is 0 Å². The highest BCUT2D eigenvalue weighted by Gasteiger charge is 2.19. The number of hydrogen-bond acceptors (Lipinski definition) is 7. The molecule has 32 heavy (non-hydrogen) atoms. The first-order valence-electron chi connectivity index (χ1n) is 9.42. The number of nitro groups is 1. The number of hydrogen-bond donors (Lipinski definition) is 1. The monoisotopic (exact) mass is 431 g/mol. The molecule has 0 unspecified atom stereocenters. The van der Waals surface area contributed by atoms with Gasteiger partial charge in [0.05, 0.1) is 25.1 Å². The van der Waals surface area contributed by atoms with E-state index in [1.807, 2.05) is 30.3 Å². The fraction of sp³-hybridized carbons (Fsp3) is 0.0455. The highest BCUT2D eigenvalue weighted by atomic mass is 16.6. The molecular weight excluding hydrogens is 414 g/mol. The first-order chi connectivity index (χ1) is 15.5. The zero-order valence-corrected chi connectivity index (χ0v) is 16.8. The van der Waals surface area contributed by atoms with Crippen molar-refractivity contribution in [2.75, 3.05) is 7.11 Å². The number of ether oxygens (including phenoxy) is 1. The minimum absolute atomic E-state index is 0.203. The van der Waals surface area contributed by atoms with E-state index in [9.17, 15) is 14.9 Å². The molecule has 160 valence electrons. The number of benzene rings is 2. The minimum Gasteiger partial charge on any atom is -0.497 e. The Morgan fingerprint density at radius 1 is 1.16 bits per heavy atom. The molecule has 0 aliphatic rings. The van der Waals surface area contributed by atoms with Crippen molar-refractivity contribution in [3.8, 4) is 22.9 Å². The number of amides is 1. The van der Waals surface area contributed by atoms with Gasteiger partial charge >= 0.3 is 5.88 Å². The average molecular weight is 431 g/mol. The van der Waals surface area contributed by atoms with Gasteiger partial charge in [-0.1, -0.05) is 18.2 Å². The Labute approximate surface area is 181 Å². The summed E-state index contributed by atoms with van der Waals surface area (Å²) in [5.41, 5.74) is 4.46. The Kier molecular flexibility index (Phi) is 5.75. The number of nitrogens with one attached hydrogen (secondary N) is 1. The Morgan fingerprint density at radius 2 is 1.91 bits per heavy atom. The molecule has 10 heteroatoms. The van der Waals surface area contributed by atoms with Crippen LogP contribution in [0.1, 0.15) is 15.9 Å². The lowest BCUT2D eigenvalue weighted by atomic mass is 10.2. The van der Waals surface area contributed by atoms with Crippen molar-refractivity contribution < 1.29 is 18.9 Å². The minimum atomic E-state index is -0.624. The van der Waals surface area contributed by atoms with Crippen molar-refractivity contribution in [3.05, 3.63) is 94.2 Å². The number of aromatic nitrogens is 2. The fourth-order valence-corrected chi connectivity index (χ4v) is 2.91. The molecule has 4 aromatic rings. The molecule has 0 saturated carbocycles. The maximum Gasteiger partial charge on any atom is 0.433 e. The zero-order chi connectivity index (χ0) is 22.5. The third-order valence-corrected chi connectivity index (χ3v) is 4.49. The zero-order valence-electron chi connectivity index (χ0n) is 16.8. The van der Waals surface area contributed by atoms with Crippen molar-refractivity contribution >= 4 is 18.0 Å². The summed E-state index contributed by atoms with van der Waals surface area (Å²) in [6.45, 7) is 0. The number of carbonyl (C=O) groups excluding carboxylic acids is 1. The van der Waals surface area contributed by atoms with Crippen molar-refractivity contribution in [2.24, 2.45) is 5.10 Å². The summed E-state index contributed by atoms with van der Waals surface area (Å²) in [6.07, 6.45) is 3.08. The number of carbonyl (C=O) groups is 1. The lowest BCUT2D eigenvalue weighted by Gasteiger charge is -2.02. The predicted octanol–water partition coefficient (Wildman–Crippen LogP) is 3.81. The molecule has 1 amide bonds. The molecule has 0 radical (unpaired) electrons. The van der Waals surface area contributed by atoms with E-state index in [4.69, 9.17) is 9.15 Å². The summed E-state index contributed by atoms with van der Waals surface area (Å²) in [5.74, 6) is 0.0318. The molecule has 0 spiro atoms. The topological polar surface area (TPSA) is 125 Å². The van der Waals surface area contributed by atoms with Crippen LogP contribution in [-0.4, -0.2) is 33.9 Å². The second-order valence-electron chi connectivity index (χ2n) is 6.54. The van der Waals surface area contributed by atoms with E-state index in [1.54, 1.807) is 42.3 Å². The van der Waals surface area contributed by atoms with Crippen molar-refractivity contribution in [3.63, 3.8) is 0 Å². The summed E-state index contributed by atoms with van der Waals surface area (Å²) >= 11 is 0. The van der Waals surface area contributed by atoms with Crippen LogP contribution in [0.2, 0.25) is 0 Å². The quantitative estimate of drug-likeness (QED) is 0.269. The predicted molar refractivity (Wildman–Crippen MR) is 116 cm³/mol. The summed E-state index contributed by atoms with van der Waals surface area (Å²) in [7, 11) is 1.54. The Bertz CT molecular complexity index is 1280. The molecule has 2 aromatic heterocycles. The average Bonchev–Trinajstić information content (AvgIpc) is 3.47. The normalized spacial score (nSPS) is 10.9. The lowest BCUT2D eigenvalue weighted by Crippen LogP contribution is -2.17. The van der Waals surface area contributed by atoms with Gasteiger partial charge in [-0.15, -0.1) is 0 Å². The molecule has 0 aliphatic carbocycles. The van der Waals surface area contributed by atoms with Gasteiger partial charge in [0.15, 0.2) is 5.76 Å². The Hall–Kier alpha value is -4.73. The van der Waals surface area contributed by atoms with Gasteiger partial charge in [0, 0.05) is 17.3 Å². The van der Waals surface area contributed by atoms with Gasteiger partial charge < -0.3 is 9.15 Å². The van der Waals surface area contributed by atoms with Gasteiger partial charge in [0.1, 0.15) is 16.4 Å². The van der Waals surface area contributed by atoms with Crippen LogP contribution in [0.4, 0.5) is 5.88 Å². The van der Waals surface area contributed by atoms with Gasteiger partial charge in [-0.3, -0.25) is 14.9 Å². The molecule has 4 rings (SSSR count). The first kappa shape index (κ1) is 20.5. The number of methoxy groups -OCH3 is 1. The van der Waals surface area contributed by atoms with Gasteiger partial charge in [-0.05, 0) is 42.5 Å². The van der Waals surface area contributed by atoms with Crippen LogP contribution in [0.25, 0.3) is 17.1 Å². The molecule has 2 aromatic carbocycles. The van der Waals surface area contributed by atoms with Gasteiger partial charge in [-0.25, -0.2) is 10.1 Å². The molecule has 2 heterocycles. The third kappa shape index (κ3) is 4.38. The number of furan rings is 1. The second kappa shape index (κ2) is 8.96. The van der Waals surface area contributed by atoms with Crippen LogP contribution in [0.15, 0.2) is 82.4 Å². The van der Waals surface area contributed by atoms with E-state index in [-0.39, 0.29) is 5.76 Å². The first-order valence-corrected chi connectivity index (χ1v) is 9.42. The maximum absolute atomic E-state index is 12.3. The second-order valence-corrected chi connectivity index (χ2v) is 6.54. The molecule has 0 fully saturated rings. The van der Waals surface area contributed by atoms with Crippen LogP contribution >= 0.6 is 0 Å². The highest BCUT2D eigenvalue weighted by molar-refractivity contribution is 5.95. The van der Waals surface area contributed by atoms with Crippen LogP contribution < -0.4 is 10.2 Å². The van der Waals surface area contributed by atoms with Crippen LogP contribution in [0, 0.1) is 10.1 Å². The Balaban J connectivity index is 1.61. The van der Waals surface area contributed by atoms with Crippen LogP contribution in [0.5, 0.6) is 5.75 Å². The molecule has 1 N–H and O–H groups in total. The highest BCUT2D eigenvalue weighted by Crippen LogP contribution is 2.27. The standard InChI is InChI=1S/C22H17N5O5/c1-31-18-9-7-15(8-10-18)22(28)24-23-13-16-14-26(17-5-3-2-4-6-17)25-21(16)19-11-12-20(32-19)27(29)30/h2-14H,1H3,(H,24,28). The van der Waals surface area contributed by atoms with Gasteiger partial charge in [0.25, 0.3) is 5.91 Å². The summed E-state index contributed by atoms with van der Waals surface area (Å²) < 4.78 is 12.0. The number of hydrazone groups is 1. The third-order valence-electron chi connectivity index (χ3n) is 4.49. The molecule has 0 atom stereocenters. The van der Waals surface area contributed by atoms with E-state index in [2.05, 4.69) is 15.6 Å². The Morgan fingerprint density at radius 3 is 2.56 bits per heavy atom. The number of nitrogens with zero attached hydrogens (tertiary/aromatic N) is 4. The van der Waals surface area contributed by atoms with Crippen molar-refractivity contribution in [1.82, 2.24) is 15.2 Å². The molecule has 10 nitrogen and oxygen atoms in total. The summed E-state index contributed by atoms with van der Waals surface area (Å²) in [5, 5.41) is 19.5. The van der Waals surface area contributed by atoms with E-state index in [0.29, 0.717) is 22.6 Å². The maximum atomic E-state index is 12.3. The van der Waals surface area contributed by atoms with E-state index < -0.39 is 16.7 Å². The van der Waals surface area contributed by atoms with E-state index >= 15 is 0 Å². The van der Waals surface area contributed by atoms with Gasteiger partial charge in [0.2, 0.25) is 0 Å². The van der Waals surface area contributed by atoms with E-state index in [0.717, 1.165) is 5.69 Å². The summed E-state index contributed by atoms with van der Waals surface area (Å²) in [4.78, 5) is 22.7. The number of rotatable bonds is 7. The van der Waals surface area contributed by atoms with Crippen molar-refractivity contribution in [1.29, 1.82) is 0 Å². The molecule has 0 bridgehead atoms. The smallest absolute Gasteiger partial charge is 0.433 e. The molecule has 0 saturated heterocycles. The molecular formula is C22H17N5O5. The lowest BCUT2D eigenvalue weighted by molar-refractivity contribution is -0.401. The fourth-order valence-electron chi connectivity index (χ4n) is 2.91. The number of para-hydroxylation sites is 1. The van der Waals surface area contributed by atoms with Crippen LogP contribution in [0.3, 0.4) is 0 Å². The van der Waals surface area contributed by atoms with Gasteiger partial charge in [-0.2, -0.15) is 10.2 Å².